The minimum absolute atomic E-state index is 0.0421. The minimum atomic E-state index is -0.0421. The van der Waals surface area contributed by atoms with Crippen LogP contribution >= 0.6 is 11.3 Å². The molecule has 3 rings (SSSR count). The lowest BCUT2D eigenvalue weighted by Crippen LogP contribution is -2.11. The summed E-state index contributed by atoms with van der Waals surface area (Å²) in [6.45, 7) is 2.17. The van der Waals surface area contributed by atoms with E-state index in [2.05, 4.69) is 41.6 Å². The molecule has 0 spiro atoms. The highest BCUT2D eigenvalue weighted by atomic mass is 32.1. The maximum absolute atomic E-state index is 6.42. The summed E-state index contributed by atoms with van der Waals surface area (Å²) in [5.74, 6) is 0. The van der Waals surface area contributed by atoms with Gasteiger partial charge < -0.3 is 5.73 Å². The largest absolute Gasteiger partial charge is 0.320 e. The highest BCUT2D eigenvalue weighted by molar-refractivity contribution is 7.10. The summed E-state index contributed by atoms with van der Waals surface area (Å²) in [6, 6.07) is 12.4. The monoisotopic (exact) mass is 268 g/mol. The summed E-state index contributed by atoms with van der Waals surface area (Å²) >= 11 is 1.74. The molecule has 0 bridgehead atoms. The van der Waals surface area contributed by atoms with Crippen molar-refractivity contribution >= 4 is 22.2 Å². The van der Waals surface area contributed by atoms with Gasteiger partial charge in [0.15, 0.2) is 0 Å². The van der Waals surface area contributed by atoms with Crippen LogP contribution in [0.15, 0.2) is 48.0 Å². The number of hydrogen-bond donors (Lipinski definition) is 1. The fourth-order valence-electron chi connectivity index (χ4n) is 2.35. The second-order valence-corrected chi connectivity index (χ2v) is 5.54. The van der Waals surface area contributed by atoms with Gasteiger partial charge in [0.2, 0.25) is 0 Å². The van der Waals surface area contributed by atoms with Gasteiger partial charge in [-0.3, -0.25) is 4.98 Å². The van der Waals surface area contributed by atoms with Crippen LogP contribution in [-0.2, 0) is 6.42 Å². The highest BCUT2D eigenvalue weighted by Gasteiger charge is 2.14. The smallest absolute Gasteiger partial charge is 0.0702 e. The molecule has 1 aromatic carbocycles. The van der Waals surface area contributed by atoms with Crippen LogP contribution in [-0.4, -0.2) is 4.98 Å². The van der Waals surface area contributed by atoms with E-state index in [1.165, 1.54) is 10.4 Å². The lowest BCUT2D eigenvalue weighted by molar-refractivity contribution is 0.876. The standard InChI is InChI=1S/C16H16N2S/c1-2-11-7-9-19-16(11)15(17)13-5-6-14-12(10-13)4-3-8-18-14/h3-10,15H,2,17H2,1H3. The first-order chi connectivity index (χ1) is 9.29. The van der Waals surface area contributed by atoms with Gasteiger partial charge in [-0.05, 0) is 47.2 Å². The molecular weight excluding hydrogens is 252 g/mol. The Kier molecular flexibility index (Phi) is 3.32. The summed E-state index contributed by atoms with van der Waals surface area (Å²) in [4.78, 5) is 5.61. The first-order valence-electron chi connectivity index (χ1n) is 6.46. The number of aryl methyl sites for hydroxylation is 1. The molecular formula is C16H16N2S. The SMILES string of the molecule is CCc1ccsc1C(N)c1ccc2ncccc2c1. The van der Waals surface area contributed by atoms with Crippen molar-refractivity contribution in [3.05, 3.63) is 64.0 Å². The lowest BCUT2D eigenvalue weighted by atomic mass is 10.0. The molecule has 19 heavy (non-hydrogen) atoms. The molecule has 3 aromatic rings. The van der Waals surface area contributed by atoms with E-state index in [1.807, 2.05) is 18.3 Å². The van der Waals surface area contributed by atoms with Crippen molar-refractivity contribution in [3.8, 4) is 0 Å². The fraction of sp³-hybridized carbons (Fsp3) is 0.188. The zero-order valence-corrected chi connectivity index (χ0v) is 11.7. The van der Waals surface area contributed by atoms with E-state index >= 15 is 0 Å². The fourth-order valence-corrected chi connectivity index (χ4v) is 3.38. The number of benzene rings is 1. The molecule has 3 heteroatoms. The molecule has 0 aliphatic carbocycles. The summed E-state index contributed by atoms with van der Waals surface area (Å²) < 4.78 is 0. The van der Waals surface area contributed by atoms with Crippen LogP contribution in [0.3, 0.4) is 0 Å². The molecule has 2 nitrogen and oxygen atoms in total. The van der Waals surface area contributed by atoms with Crippen molar-refractivity contribution in [2.75, 3.05) is 0 Å². The lowest BCUT2D eigenvalue weighted by Gasteiger charge is -2.13. The maximum Gasteiger partial charge on any atom is 0.0702 e. The molecule has 1 atom stereocenters. The molecule has 0 fully saturated rings. The molecule has 96 valence electrons. The summed E-state index contributed by atoms with van der Waals surface area (Å²) in [5, 5.41) is 3.27. The molecule has 0 aliphatic heterocycles. The Labute approximate surface area is 116 Å². The Morgan fingerprint density at radius 2 is 2.16 bits per heavy atom. The minimum Gasteiger partial charge on any atom is -0.320 e. The van der Waals surface area contributed by atoms with E-state index in [0.29, 0.717) is 0 Å². The zero-order chi connectivity index (χ0) is 13.2. The van der Waals surface area contributed by atoms with Gasteiger partial charge in [0.1, 0.15) is 0 Å². The van der Waals surface area contributed by atoms with Gasteiger partial charge in [-0.25, -0.2) is 0 Å². The van der Waals surface area contributed by atoms with Crippen molar-refractivity contribution < 1.29 is 0 Å². The van der Waals surface area contributed by atoms with Gasteiger partial charge in [-0.15, -0.1) is 11.3 Å². The summed E-state index contributed by atoms with van der Waals surface area (Å²) in [5.41, 5.74) is 9.93. The first-order valence-corrected chi connectivity index (χ1v) is 7.34. The average molecular weight is 268 g/mol. The molecule has 1 unspecified atom stereocenters. The molecule has 2 aromatic heterocycles. The van der Waals surface area contributed by atoms with Crippen molar-refractivity contribution in [1.29, 1.82) is 0 Å². The maximum atomic E-state index is 6.42. The molecule has 2 heterocycles. The van der Waals surface area contributed by atoms with E-state index in [4.69, 9.17) is 5.73 Å². The van der Waals surface area contributed by atoms with Crippen LogP contribution in [0.25, 0.3) is 10.9 Å². The number of hydrogen-bond acceptors (Lipinski definition) is 3. The van der Waals surface area contributed by atoms with Crippen molar-refractivity contribution in [1.82, 2.24) is 4.98 Å². The van der Waals surface area contributed by atoms with Gasteiger partial charge in [0.25, 0.3) is 0 Å². The number of fused-ring (bicyclic) bond motifs is 1. The first kappa shape index (κ1) is 12.3. The summed E-state index contributed by atoms with van der Waals surface area (Å²) in [6.07, 6.45) is 2.85. The average Bonchev–Trinajstić information content (AvgIpc) is 2.94. The van der Waals surface area contributed by atoms with Crippen LogP contribution in [0.2, 0.25) is 0 Å². The van der Waals surface area contributed by atoms with Gasteiger partial charge in [0.05, 0.1) is 11.6 Å². The van der Waals surface area contributed by atoms with Crippen LogP contribution < -0.4 is 5.73 Å². The van der Waals surface area contributed by atoms with E-state index in [1.54, 1.807) is 11.3 Å². The molecule has 0 amide bonds. The predicted molar refractivity (Wildman–Crippen MR) is 81.5 cm³/mol. The number of pyridine rings is 1. The van der Waals surface area contributed by atoms with Gasteiger partial charge >= 0.3 is 0 Å². The third-order valence-electron chi connectivity index (χ3n) is 3.43. The number of rotatable bonds is 3. The van der Waals surface area contributed by atoms with Crippen molar-refractivity contribution in [2.24, 2.45) is 5.73 Å². The van der Waals surface area contributed by atoms with E-state index in [-0.39, 0.29) is 6.04 Å². The van der Waals surface area contributed by atoms with Crippen molar-refractivity contribution in [3.63, 3.8) is 0 Å². The Bertz CT molecular complexity index is 703. The quantitative estimate of drug-likeness (QED) is 0.782. The topological polar surface area (TPSA) is 38.9 Å². The molecule has 2 N–H and O–H groups in total. The molecule has 0 radical (unpaired) electrons. The Morgan fingerprint density at radius 3 is 3.00 bits per heavy atom. The van der Waals surface area contributed by atoms with E-state index in [0.717, 1.165) is 22.9 Å². The number of nitrogens with zero attached hydrogens (tertiary/aromatic N) is 1. The van der Waals surface area contributed by atoms with Gasteiger partial charge in [-0.2, -0.15) is 0 Å². The van der Waals surface area contributed by atoms with Crippen LogP contribution in [0.1, 0.15) is 29.0 Å². The molecule has 0 saturated heterocycles. The highest BCUT2D eigenvalue weighted by Crippen LogP contribution is 2.29. The Balaban J connectivity index is 2.04. The Morgan fingerprint density at radius 1 is 1.26 bits per heavy atom. The van der Waals surface area contributed by atoms with E-state index in [9.17, 15) is 0 Å². The third-order valence-corrected chi connectivity index (χ3v) is 4.47. The van der Waals surface area contributed by atoms with Crippen LogP contribution in [0.4, 0.5) is 0 Å². The molecule has 0 saturated carbocycles. The number of aromatic nitrogens is 1. The zero-order valence-electron chi connectivity index (χ0n) is 10.8. The van der Waals surface area contributed by atoms with Gasteiger partial charge in [0, 0.05) is 16.5 Å². The Hall–Kier alpha value is -1.71. The van der Waals surface area contributed by atoms with Crippen LogP contribution in [0, 0.1) is 0 Å². The number of thiophene rings is 1. The second-order valence-electron chi connectivity index (χ2n) is 4.60. The molecule has 0 aliphatic rings. The van der Waals surface area contributed by atoms with Gasteiger partial charge in [-0.1, -0.05) is 19.1 Å². The van der Waals surface area contributed by atoms with Crippen molar-refractivity contribution in [2.45, 2.75) is 19.4 Å². The predicted octanol–water partition coefficient (Wildman–Crippen LogP) is 3.91. The second kappa shape index (κ2) is 5.11. The summed E-state index contributed by atoms with van der Waals surface area (Å²) in [7, 11) is 0. The van der Waals surface area contributed by atoms with Crippen LogP contribution in [0.5, 0.6) is 0 Å². The van der Waals surface area contributed by atoms with E-state index < -0.39 is 0 Å². The number of nitrogens with two attached hydrogens (primary N) is 1. The third kappa shape index (κ3) is 2.27. The normalized spacial score (nSPS) is 12.7.